The zero-order valence-corrected chi connectivity index (χ0v) is 24.2. The zero-order chi connectivity index (χ0) is 28.2. The van der Waals surface area contributed by atoms with Gasteiger partial charge in [0.1, 0.15) is 11.6 Å². The maximum Gasteiger partial charge on any atom is 0.227 e. The standard InChI is InChI=1S/C19H22N6OS.C11H13NO2/c1-26-15-18(21-17-13-4-2-3-5-14(13)23-24-17)20-16(12-6-7-12)22-19(15)25-8-10-27-11-9-25;1-14-10-6-4-9(5-7-10)12-11(13)8-2-3-8/h2-5,12H,6-11H2,1H3,(H2,20,21,22,23,24);4-8H,2-3H2,1H3,(H,12,13). The lowest BCUT2D eigenvalue weighted by Gasteiger charge is -2.29. The Kier molecular flexibility index (Phi) is 8.13. The van der Waals surface area contributed by atoms with E-state index in [9.17, 15) is 4.79 Å². The van der Waals surface area contributed by atoms with E-state index in [4.69, 9.17) is 19.4 Å². The summed E-state index contributed by atoms with van der Waals surface area (Å²) in [5.41, 5.74) is 1.83. The summed E-state index contributed by atoms with van der Waals surface area (Å²) in [4.78, 5) is 23.4. The number of para-hydroxylation sites is 1. The molecule has 7 rings (SSSR count). The Bertz CT molecular complexity index is 1500. The topological polar surface area (TPSA) is 117 Å². The number of ether oxygens (including phenoxy) is 2. The van der Waals surface area contributed by atoms with Gasteiger partial charge in [-0.2, -0.15) is 16.9 Å². The summed E-state index contributed by atoms with van der Waals surface area (Å²) in [7, 11) is 3.31. The highest BCUT2D eigenvalue weighted by Gasteiger charge is 2.31. The second-order valence-electron chi connectivity index (χ2n) is 10.4. The molecule has 214 valence electrons. The summed E-state index contributed by atoms with van der Waals surface area (Å²) in [6, 6.07) is 15.4. The van der Waals surface area contributed by atoms with Gasteiger partial charge in [0.05, 0.1) is 19.7 Å². The van der Waals surface area contributed by atoms with Gasteiger partial charge in [-0.1, -0.05) is 12.1 Å². The lowest BCUT2D eigenvalue weighted by molar-refractivity contribution is -0.117. The molecule has 2 aliphatic carbocycles. The number of fused-ring (bicyclic) bond motifs is 1. The van der Waals surface area contributed by atoms with E-state index < -0.39 is 0 Å². The van der Waals surface area contributed by atoms with E-state index in [2.05, 4.69) is 25.7 Å². The average molecular weight is 574 g/mol. The van der Waals surface area contributed by atoms with Crippen molar-refractivity contribution < 1.29 is 14.3 Å². The number of anilines is 4. The molecule has 41 heavy (non-hydrogen) atoms. The number of rotatable bonds is 8. The van der Waals surface area contributed by atoms with E-state index in [-0.39, 0.29) is 11.8 Å². The molecule has 0 bridgehead atoms. The minimum atomic E-state index is 0.134. The van der Waals surface area contributed by atoms with E-state index in [1.165, 1.54) is 0 Å². The van der Waals surface area contributed by atoms with Gasteiger partial charge in [0.25, 0.3) is 0 Å². The Morgan fingerprint density at radius 3 is 2.39 bits per heavy atom. The maximum absolute atomic E-state index is 11.4. The number of methoxy groups -OCH3 is 2. The molecule has 3 N–H and O–H groups in total. The maximum atomic E-state index is 11.4. The van der Waals surface area contributed by atoms with E-state index in [1.807, 2.05) is 60.3 Å². The van der Waals surface area contributed by atoms with Crippen LogP contribution in [0.25, 0.3) is 10.9 Å². The Balaban J connectivity index is 0.000000182. The van der Waals surface area contributed by atoms with Gasteiger partial charge >= 0.3 is 0 Å². The highest BCUT2D eigenvalue weighted by Crippen LogP contribution is 2.43. The molecule has 0 spiro atoms. The van der Waals surface area contributed by atoms with Gasteiger partial charge in [-0.15, -0.1) is 0 Å². The number of hydrogen-bond donors (Lipinski definition) is 3. The number of hydrogen-bond acceptors (Lipinski definition) is 9. The van der Waals surface area contributed by atoms with Crippen molar-refractivity contribution in [1.82, 2.24) is 20.2 Å². The first kappa shape index (κ1) is 27.2. The van der Waals surface area contributed by atoms with Crippen LogP contribution in [0.3, 0.4) is 0 Å². The fourth-order valence-electron chi connectivity index (χ4n) is 4.68. The van der Waals surface area contributed by atoms with Gasteiger partial charge < -0.3 is 25.0 Å². The van der Waals surface area contributed by atoms with Crippen molar-refractivity contribution >= 4 is 51.7 Å². The third-order valence-corrected chi connectivity index (χ3v) is 8.28. The summed E-state index contributed by atoms with van der Waals surface area (Å²) in [6.45, 7) is 1.96. The molecule has 3 heterocycles. The predicted molar refractivity (Wildman–Crippen MR) is 164 cm³/mol. The first-order valence-corrected chi connectivity index (χ1v) is 15.2. The van der Waals surface area contributed by atoms with Crippen molar-refractivity contribution in [1.29, 1.82) is 0 Å². The first-order chi connectivity index (χ1) is 20.1. The van der Waals surface area contributed by atoms with Crippen LogP contribution in [0.2, 0.25) is 0 Å². The Labute approximate surface area is 243 Å². The van der Waals surface area contributed by atoms with Crippen LogP contribution >= 0.6 is 11.8 Å². The van der Waals surface area contributed by atoms with Crippen molar-refractivity contribution in [2.45, 2.75) is 31.6 Å². The monoisotopic (exact) mass is 573 g/mol. The fourth-order valence-corrected chi connectivity index (χ4v) is 5.58. The van der Waals surface area contributed by atoms with Crippen LogP contribution < -0.4 is 25.0 Å². The Morgan fingerprint density at radius 2 is 1.71 bits per heavy atom. The van der Waals surface area contributed by atoms with Crippen LogP contribution in [-0.2, 0) is 4.79 Å². The molecule has 0 atom stereocenters. The Hall–Kier alpha value is -3.99. The first-order valence-electron chi connectivity index (χ1n) is 14.1. The number of amides is 1. The zero-order valence-electron chi connectivity index (χ0n) is 23.4. The molecule has 2 aromatic heterocycles. The number of aromatic amines is 1. The molecule has 0 unspecified atom stereocenters. The van der Waals surface area contributed by atoms with Crippen molar-refractivity contribution in [2.75, 3.05) is 54.3 Å². The number of carbonyl (C=O) groups excluding carboxylic acids is 1. The molecule has 1 aliphatic heterocycles. The van der Waals surface area contributed by atoms with Crippen molar-refractivity contribution in [2.24, 2.45) is 5.92 Å². The van der Waals surface area contributed by atoms with Crippen molar-refractivity contribution in [3.05, 3.63) is 54.4 Å². The second kappa shape index (κ2) is 12.3. The number of thioether (sulfide) groups is 1. The number of H-pyrrole nitrogens is 1. The van der Waals surface area contributed by atoms with Gasteiger partial charge in [0.2, 0.25) is 11.7 Å². The fraction of sp³-hybridized carbons (Fsp3) is 0.400. The summed E-state index contributed by atoms with van der Waals surface area (Å²) in [5.74, 6) is 7.82. The quantitative estimate of drug-likeness (QED) is 0.248. The highest BCUT2D eigenvalue weighted by molar-refractivity contribution is 7.99. The van der Waals surface area contributed by atoms with E-state index in [0.717, 1.165) is 90.1 Å². The predicted octanol–water partition coefficient (Wildman–Crippen LogP) is 5.58. The molecule has 2 saturated carbocycles. The molecule has 4 aromatic rings. The summed E-state index contributed by atoms with van der Waals surface area (Å²) in [5, 5.41) is 14.8. The minimum absolute atomic E-state index is 0.134. The molecule has 0 radical (unpaired) electrons. The van der Waals surface area contributed by atoms with Crippen LogP contribution in [0.5, 0.6) is 11.5 Å². The number of carbonyl (C=O) groups is 1. The highest BCUT2D eigenvalue weighted by atomic mass is 32.2. The lowest BCUT2D eigenvalue weighted by Crippen LogP contribution is -2.33. The normalized spacial score (nSPS) is 16.5. The molecule has 10 nitrogen and oxygen atoms in total. The summed E-state index contributed by atoms with van der Waals surface area (Å²) < 4.78 is 10.8. The number of aromatic nitrogens is 4. The van der Waals surface area contributed by atoms with Gasteiger partial charge in [-0.05, 0) is 62.1 Å². The van der Waals surface area contributed by atoms with E-state index in [0.29, 0.717) is 17.5 Å². The third kappa shape index (κ3) is 6.51. The smallest absolute Gasteiger partial charge is 0.227 e. The minimum Gasteiger partial charge on any atom is -0.497 e. The Morgan fingerprint density at radius 1 is 0.951 bits per heavy atom. The van der Waals surface area contributed by atoms with Gasteiger partial charge in [0, 0.05) is 47.5 Å². The number of benzene rings is 2. The largest absolute Gasteiger partial charge is 0.497 e. The van der Waals surface area contributed by atoms with Gasteiger partial charge in [-0.25, -0.2) is 9.97 Å². The molecular formula is C30H35N7O3S. The molecule has 11 heteroatoms. The van der Waals surface area contributed by atoms with Crippen LogP contribution in [0.1, 0.15) is 37.4 Å². The van der Waals surface area contributed by atoms with Crippen LogP contribution in [-0.4, -0.2) is 64.9 Å². The van der Waals surface area contributed by atoms with Crippen LogP contribution in [0.4, 0.5) is 23.1 Å². The van der Waals surface area contributed by atoms with Crippen molar-refractivity contribution in [3.8, 4) is 11.5 Å². The second-order valence-corrected chi connectivity index (χ2v) is 11.6. The SMILES string of the molecule is COc1c(Nc2n[nH]c3ccccc23)nc(C2CC2)nc1N1CCSCC1.COc1ccc(NC(=O)C2CC2)cc1. The molecular weight excluding hydrogens is 538 g/mol. The average Bonchev–Trinajstić information content (AvgIpc) is 3.96. The molecule has 3 fully saturated rings. The van der Waals surface area contributed by atoms with Crippen molar-refractivity contribution in [3.63, 3.8) is 0 Å². The summed E-state index contributed by atoms with van der Waals surface area (Å²) >= 11 is 1.98. The van der Waals surface area contributed by atoms with Gasteiger partial charge in [-0.3, -0.25) is 9.89 Å². The summed E-state index contributed by atoms with van der Waals surface area (Å²) in [6.07, 6.45) is 4.38. The van der Waals surface area contributed by atoms with Crippen LogP contribution in [0, 0.1) is 5.92 Å². The van der Waals surface area contributed by atoms with Gasteiger partial charge in [0.15, 0.2) is 17.5 Å². The van der Waals surface area contributed by atoms with E-state index >= 15 is 0 Å². The third-order valence-electron chi connectivity index (χ3n) is 7.34. The number of nitrogens with zero attached hydrogens (tertiary/aromatic N) is 4. The molecule has 2 aromatic carbocycles. The number of nitrogens with one attached hydrogen (secondary N) is 3. The molecule has 1 saturated heterocycles. The van der Waals surface area contributed by atoms with Crippen LogP contribution in [0.15, 0.2) is 48.5 Å². The van der Waals surface area contributed by atoms with E-state index in [1.54, 1.807) is 14.2 Å². The molecule has 1 amide bonds. The molecule has 3 aliphatic rings. The lowest BCUT2D eigenvalue weighted by atomic mass is 10.2.